The maximum Gasteiger partial charge on any atom is 0.211 e. The number of nitrogen functional groups attached to an aromatic ring is 2. The average Bonchev–Trinajstić information content (AvgIpc) is 2.79. The van der Waals surface area contributed by atoms with Crippen LogP contribution in [0.4, 0.5) is 17.3 Å². The van der Waals surface area contributed by atoms with Crippen molar-refractivity contribution in [3.05, 3.63) is 65.2 Å². The molecule has 2 heterocycles. The van der Waals surface area contributed by atoms with E-state index in [0.717, 1.165) is 16.7 Å². The molecule has 1 aliphatic heterocycles. The number of nitrogens with zero attached hydrogens (tertiary/aromatic N) is 4. The van der Waals surface area contributed by atoms with Crippen LogP contribution in [0.25, 0.3) is 11.1 Å². The molecule has 31 heavy (non-hydrogen) atoms. The van der Waals surface area contributed by atoms with E-state index in [9.17, 15) is 5.26 Å². The summed E-state index contributed by atoms with van der Waals surface area (Å²) in [5.41, 5.74) is 16.0. The van der Waals surface area contributed by atoms with Crippen LogP contribution < -0.4 is 22.1 Å². The van der Waals surface area contributed by atoms with Crippen molar-refractivity contribution in [1.82, 2.24) is 10.3 Å². The molecule has 4 rings (SSSR count). The molecule has 0 radical (unpaired) electrons. The van der Waals surface area contributed by atoms with Gasteiger partial charge in [-0.2, -0.15) is 10.5 Å². The molecule has 9 heteroatoms. The lowest BCUT2D eigenvalue weighted by atomic mass is 9.93. The molecule has 2 aromatic carbocycles. The second kappa shape index (κ2) is 8.27. The highest BCUT2D eigenvalue weighted by Gasteiger charge is 2.29. The van der Waals surface area contributed by atoms with Crippen LogP contribution in [0.15, 0.2) is 58.4 Å². The quantitative estimate of drug-likeness (QED) is 0.283. The molecule has 0 amide bonds. The van der Waals surface area contributed by atoms with Crippen molar-refractivity contribution in [3.8, 4) is 23.4 Å². The zero-order chi connectivity index (χ0) is 22.0. The predicted octanol–water partition coefficient (Wildman–Crippen LogP) is 3.45. The summed E-state index contributed by atoms with van der Waals surface area (Å²) in [6.07, 6.45) is 3.89. The Balaban J connectivity index is 1.78. The molecule has 152 valence electrons. The van der Waals surface area contributed by atoms with Crippen molar-refractivity contribution in [2.24, 2.45) is 4.99 Å². The third-order valence-corrected chi connectivity index (χ3v) is 5.75. The van der Waals surface area contributed by atoms with Gasteiger partial charge in [-0.05, 0) is 35.1 Å². The summed E-state index contributed by atoms with van der Waals surface area (Å²) in [4.78, 5) is 10.0. The minimum Gasteiger partial charge on any atom is -0.397 e. The van der Waals surface area contributed by atoms with Gasteiger partial charge in [0.05, 0.1) is 5.69 Å². The minimum absolute atomic E-state index is 0.0206. The molecule has 1 unspecified atom stereocenters. The number of hydrogen-bond acceptors (Lipinski definition) is 9. The molecular weight excluding hydrogens is 408 g/mol. The van der Waals surface area contributed by atoms with E-state index in [-0.39, 0.29) is 23.0 Å². The predicted molar refractivity (Wildman–Crippen MR) is 123 cm³/mol. The van der Waals surface area contributed by atoms with Crippen molar-refractivity contribution >= 4 is 35.0 Å². The highest BCUT2D eigenvalue weighted by Crippen LogP contribution is 2.40. The molecule has 0 fully saturated rings. The van der Waals surface area contributed by atoms with Gasteiger partial charge in [-0.1, -0.05) is 36.4 Å². The van der Waals surface area contributed by atoms with Crippen LogP contribution in [0.3, 0.4) is 0 Å². The number of pyridine rings is 1. The van der Waals surface area contributed by atoms with E-state index in [4.69, 9.17) is 16.7 Å². The first-order valence-electron chi connectivity index (χ1n) is 9.29. The maximum absolute atomic E-state index is 9.43. The number of fused-ring (bicyclic) bond motifs is 1. The van der Waals surface area contributed by atoms with E-state index in [2.05, 4.69) is 44.9 Å². The molecular formula is C22H18N8S. The lowest BCUT2D eigenvalue weighted by Crippen LogP contribution is -2.32. The number of nitrogens with one attached hydrogen (secondary N) is 2. The van der Waals surface area contributed by atoms with Crippen molar-refractivity contribution < 1.29 is 0 Å². The molecule has 0 saturated carbocycles. The summed E-state index contributed by atoms with van der Waals surface area (Å²) >= 11 is 1.70. The fourth-order valence-corrected chi connectivity index (χ4v) is 3.87. The third-order valence-electron chi connectivity index (χ3n) is 5.01. The largest absolute Gasteiger partial charge is 0.397 e. The minimum atomic E-state index is -0.555. The van der Waals surface area contributed by atoms with E-state index >= 15 is 0 Å². The lowest BCUT2D eigenvalue weighted by molar-refractivity contribution is 0.847. The Bertz CT molecular complexity index is 1250. The third kappa shape index (κ3) is 3.70. The standard InChI is InChI=1S/C22H18N8S/c1-31-15-8-6-13(7-9-15)12-2-4-14(5-3-12)19-17-18(25)16(10-23)20(26)29-21(17)30-22(28-19)27-11-24/h2-9,19H,1H3,(H6,25,26,27,28,29,30). The highest BCUT2D eigenvalue weighted by atomic mass is 32.2. The molecule has 1 atom stereocenters. The van der Waals surface area contributed by atoms with E-state index in [1.807, 2.05) is 42.8 Å². The van der Waals surface area contributed by atoms with Crippen LogP contribution in [0.5, 0.6) is 0 Å². The molecule has 8 nitrogen and oxygen atoms in total. The zero-order valence-electron chi connectivity index (χ0n) is 16.5. The number of nitriles is 2. The molecule has 0 bridgehead atoms. The molecule has 6 N–H and O–H groups in total. The van der Waals surface area contributed by atoms with Crippen LogP contribution in [0.1, 0.15) is 22.7 Å². The Labute approximate surface area is 183 Å². The van der Waals surface area contributed by atoms with E-state index in [1.54, 1.807) is 11.8 Å². The van der Waals surface area contributed by atoms with Crippen LogP contribution in [-0.4, -0.2) is 17.2 Å². The Morgan fingerprint density at radius 1 is 1.03 bits per heavy atom. The molecule has 1 aromatic heterocycles. The van der Waals surface area contributed by atoms with Gasteiger partial charge in [0, 0.05) is 10.5 Å². The first-order chi connectivity index (χ1) is 15.0. The maximum atomic E-state index is 9.43. The first-order valence-corrected chi connectivity index (χ1v) is 10.5. The first kappa shape index (κ1) is 20.1. The van der Waals surface area contributed by atoms with Crippen LogP contribution in [0, 0.1) is 22.8 Å². The van der Waals surface area contributed by atoms with Gasteiger partial charge in [-0.3, -0.25) is 5.32 Å². The van der Waals surface area contributed by atoms with Gasteiger partial charge in [0.1, 0.15) is 29.3 Å². The van der Waals surface area contributed by atoms with Gasteiger partial charge in [0.25, 0.3) is 0 Å². The Morgan fingerprint density at radius 3 is 2.26 bits per heavy atom. The monoisotopic (exact) mass is 426 g/mol. The Hall–Kier alpha value is -4.21. The lowest BCUT2D eigenvalue weighted by Gasteiger charge is -2.26. The fourth-order valence-electron chi connectivity index (χ4n) is 3.46. The number of benzene rings is 2. The molecule has 0 saturated heterocycles. The van der Waals surface area contributed by atoms with Crippen molar-refractivity contribution in [3.63, 3.8) is 0 Å². The highest BCUT2D eigenvalue weighted by molar-refractivity contribution is 7.98. The number of nitrogens with two attached hydrogens (primary N) is 2. The second-order valence-electron chi connectivity index (χ2n) is 6.75. The summed E-state index contributed by atoms with van der Waals surface area (Å²) in [6, 6.07) is 17.7. The van der Waals surface area contributed by atoms with Gasteiger partial charge in [0.15, 0.2) is 6.19 Å². The summed E-state index contributed by atoms with van der Waals surface area (Å²) in [7, 11) is 0. The van der Waals surface area contributed by atoms with Crippen molar-refractivity contribution in [2.45, 2.75) is 10.9 Å². The zero-order valence-corrected chi connectivity index (χ0v) is 17.4. The SMILES string of the molecule is CSc1ccc(-c2ccc(C3N=C(NC#N)Nc4nc(N)c(C#N)c(N)c43)cc2)cc1. The van der Waals surface area contributed by atoms with Gasteiger partial charge in [-0.15, -0.1) is 11.8 Å². The van der Waals surface area contributed by atoms with E-state index in [0.29, 0.717) is 11.4 Å². The number of thioether (sulfide) groups is 1. The van der Waals surface area contributed by atoms with Gasteiger partial charge < -0.3 is 16.8 Å². The Morgan fingerprint density at radius 2 is 1.68 bits per heavy atom. The average molecular weight is 427 g/mol. The van der Waals surface area contributed by atoms with E-state index < -0.39 is 6.04 Å². The molecule has 1 aliphatic rings. The number of hydrogen-bond donors (Lipinski definition) is 4. The summed E-state index contributed by atoms with van der Waals surface area (Å²) in [6.45, 7) is 0. The fraction of sp³-hybridized carbons (Fsp3) is 0.0909. The second-order valence-corrected chi connectivity index (χ2v) is 7.63. The number of anilines is 3. The summed E-state index contributed by atoms with van der Waals surface area (Å²) < 4.78 is 0. The smallest absolute Gasteiger partial charge is 0.211 e. The van der Waals surface area contributed by atoms with Crippen LogP contribution in [-0.2, 0) is 0 Å². The van der Waals surface area contributed by atoms with Crippen molar-refractivity contribution in [1.29, 1.82) is 10.5 Å². The van der Waals surface area contributed by atoms with Crippen LogP contribution in [0.2, 0.25) is 0 Å². The summed E-state index contributed by atoms with van der Waals surface area (Å²) in [5.74, 6) is 0.614. The number of aromatic nitrogens is 1. The van der Waals surface area contributed by atoms with Crippen molar-refractivity contribution in [2.75, 3.05) is 23.0 Å². The number of aliphatic imine (C=N–C) groups is 1. The normalized spacial score (nSPS) is 14.4. The van der Waals surface area contributed by atoms with Gasteiger partial charge in [0.2, 0.25) is 5.96 Å². The molecule has 0 aliphatic carbocycles. The Kier molecular flexibility index (Phi) is 5.35. The van der Waals surface area contributed by atoms with Crippen LogP contribution >= 0.6 is 11.8 Å². The molecule has 3 aromatic rings. The molecule has 0 spiro atoms. The van der Waals surface area contributed by atoms with Gasteiger partial charge in [-0.25, -0.2) is 9.98 Å². The van der Waals surface area contributed by atoms with Gasteiger partial charge >= 0.3 is 0 Å². The topological polar surface area (TPSA) is 149 Å². The van der Waals surface area contributed by atoms with E-state index in [1.165, 1.54) is 4.90 Å². The number of guanidine groups is 1. The summed E-state index contributed by atoms with van der Waals surface area (Å²) in [5, 5.41) is 23.9. The number of rotatable bonds is 3.